The van der Waals surface area contributed by atoms with Gasteiger partial charge in [0.05, 0.1) is 5.70 Å². The fraction of sp³-hybridized carbons (Fsp3) is 0.0984. The Balaban J connectivity index is 1.04. The van der Waals surface area contributed by atoms with Gasteiger partial charge in [0.25, 0.3) is 0 Å². The second-order valence-corrected chi connectivity index (χ2v) is 18.3. The molecule has 0 fully saturated rings. The minimum atomic E-state index is 0.145. The summed E-state index contributed by atoms with van der Waals surface area (Å²) in [7, 11) is 0. The molecule has 2 aromatic heterocycles. The van der Waals surface area contributed by atoms with Gasteiger partial charge in [0.1, 0.15) is 11.2 Å². The molecule has 11 aromatic rings. The Morgan fingerprint density at radius 3 is 2.08 bits per heavy atom. The highest BCUT2D eigenvalue weighted by Crippen LogP contribution is 2.44. The summed E-state index contributed by atoms with van der Waals surface area (Å²) >= 11 is 1.86. The van der Waals surface area contributed by atoms with Crippen LogP contribution in [0.4, 0.5) is 0 Å². The highest BCUT2D eigenvalue weighted by atomic mass is 32.1. The Kier molecular flexibility index (Phi) is 9.46. The van der Waals surface area contributed by atoms with Gasteiger partial charge in [-0.3, -0.25) is 4.99 Å². The third kappa shape index (κ3) is 6.67. The largest absolute Gasteiger partial charge is 0.456 e. The Morgan fingerprint density at radius 2 is 1.20 bits per heavy atom. The number of aliphatic imine (C=N–C) groups is 1. The second kappa shape index (κ2) is 15.8. The topological polar surface area (TPSA) is 25.5 Å². The first kappa shape index (κ1) is 38.4. The lowest BCUT2D eigenvalue weighted by Crippen LogP contribution is -2.04. The van der Waals surface area contributed by atoms with E-state index in [1.807, 2.05) is 11.3 Å². The van der Waals surface area contributed by atoms with E-state index < -0.39 is 0 Å². The molecule has 12 rings (SSSR count). The maximum absolute atomic E-state index is 6.82. The molecule has 64 heavy (non-hydrogen) atoms. The number of hydrogen-bond donors (Lipinski definition) is 0. The van der Waals surface area contributed by atoms with E-state index in [0.717, 1.165) is 69.3 Å². The summed E-state index contributed by atoms with van der Waals surface area (Å²) in [5.74, 6) is 0.145. The molecule has 1 unspecified atom stereocenters. The van der Waals surface area contributed by atoms with Gasteiger partial charge in [0.15, 0.2) is 0 Å². The van der Waals surface area contributed by atoms with Crippen molar-refractivity contribution in [2.24, 2.45) is 10.9 Å². The van der Waals surface area contributed by atoms with Crippen LogP contribution in [-0.4, -0.2) is 5.71 Å². The Labute approximate surface area is 377 Å². The molecular weight excluding hydrogens is 795 g/mol. The molecule has 0 radical (unpaired) electrons. The zero-order valence-corrected chi connectivity index (χ0v) is 36.8. The number of thiophene rings is 1. The summed E-state index contributed by atoms with van der Waals surface area (Å²) in [4.78, 5) is 5.80. The summed E-state index contributed by atoms with van der Waals surface area (Å²) in [6.45, 7) is 4.66. The standard InChI is InChI=1S/C61H45NOS/c1-3-39-36-55(52-20-12-21-56-60(52)53-31-30-45(37-57(53)63-56)49-18-11-19-51-50-17-9-10-22-58(50)64-61(49)51)62-54(32-23-38(2)59(39)47-29-26-41-15-7-8-16-43(41)33-47)46-28-25-42-24-27-44(34-48(42)35-46)40-13-5-4-6-14-40/h4-22,24-31,33-37,39H,3,23,32H2,1-2H3/b55-36-,59-38-,62-54+. The zero-order chi connectivity index (χ0) is 42.7. The highest BCUT2D eigenvalue weighted by molar-refractivity contribution is 7.26. The van der Waals surface area contributed by atoms with Crippen LogP contribution in [0.1, 0.15) is 49.8 Å². The van der Waals surface area contributed by atoms with Crippen LogP contribution in [0.15, 0.2) is 209 Å². The average molecular weight is 840 g/mol. The number of furan rings is 1. The Bertz CT molecular complexity index is 3730. The molecule has 0 spiro atoms. The minimum absolute atomic E-state index is 0.145. The third-order valence-electron chi connectivity index (χ3n) is 13.5. The van der Waals surface area contributed by atoms with Crippen molar-refractivity contribution >= 4 is 92.0 Å². The van der Waals surface area contributed by atoms with E-state index in [0.29, 0.717) is 0 Å². The van der Waals surface area contributed by atoms with Crippen LogP contribution in [0.3, 0.4) is 0 Å². The molecule has 0 bridgehead atoms. The van der Waals surface area contributed by atoms with Gasteiger partial charge in [-0.05, 0) is 129 Å². The van der Waals surface area contributed by atoms with Crippen LogP contribution < -0.4 is 0 Å². The number of allylic oxidation sites excluding steroid dienone is 3. The van der Waals surface area contributed by atoms with Gasteiger partial charge in [-0.2, -0.15) is 0 Å². The van der Waals surface area contributed by atoms with E-state index in [1.54, 1.807) is 0 Å². The van der Waals surface area contributed by atoms with Crippen molar-refractivity contribution < 1.29 is 4.42 Å². The second-order valence-electron chi connectivity index (χ2n) is 17.3. The van der Waals surface area contributed by atoms with Crippen molar-refractivity contribution in [1.29, 1.82) is 0 Å². The summed E-state index contributed by atoms with van der Waals surface area (Å²) in [6, 6.07) is 68.7. The van der Waals surface area contributed by atoms with Gasteiger partial charge in [-0.15, -0.1) is 11.3 Å². The summed E-state index contributed by atoms with van der Waals surface area (Å²) in [6.07, 6.45) is 5.13. The first-order valence-electron chi connectivity index (χ1n) is 22.5. The summed E-state index contributed by atoms with van der Waals surface area (Å²) < 4.78 is 9.44. The van der Waals surface area contributed by atoms with Crippen molar-refractivity contribution in [3.63, 3.8) is 0 Å². The summed E-state index contributed by atoms with van der Waals surface area (Å²) in [5.41, 5.74) is 15.0. The maximum atomic E-state index is 6.82. The molecule has 0 aliphatic carbocycles. The monoisotopic (exact) mass is 839 g/mol. The lowest BCUT2D eigenvalue weighted by Gasteiger charge is -2.21. The molecule has 306 valence electrons. The van der Waals surface area contributed by atoms with E-state index in [9.17, 15) is 0 Å². The SMILES string of the molecule is CCC1/C=C(c2cccc3oc4cc(-c5cccc6c5sc5ccccc56)ccc4c23)\N=C(\c2ccc3ccc(-c4ccccc4)cc3c2)CC/C(C)=C/1c1ccc2ccccc2c1. The van der Waals surface area contributed by atoms with Crippen molar-refractivity contribution in [3.8, 4) is 22.3 Å². The van der Waals surface area contributed by atoms with Crippen molar-refractivity contribution in [1.82, 2.24) is 0 Å². The fourth-order valence-electron chi connectivity index (χ4n) is 10.2. The molecule has 0 amide bonds. The molecule has 0 saturated heterocycles. The third-order valence-corrected chi connectivity index (χ3v) is 14.7. The zero-order valence-electron chi connectivity index (χ0n) is 35.9. The minimum Gasteiger partial charge on any atom is -0.456 e. The quantitative estimate of drug-likeness (QED) is 0.164. The summed E-state index contributed by atoms with van der Waals surface area (Å²) in [5, 5.41) is 9.77. The van der Waals surface area contributed by atoms with E-state index in [1.165, 1.54) is 75.1 Å². The molecule has 1 aliphatic rings. The first-order valence-corrected chi connectivity index (χ1v) is 23.3. The first-order chi connectivity index (χ1) is 31.6. The molecule has 9 aromatic carbocycles. The molecule has 3 heteroatoms. The van der Waals surface area contributed by atoms with Crippen LogP contribution in [0.2, 0.25) is 0 Å². The predicted octanol–water partition coefficient (Wildman–Crippen LogP) is 17.7. The van der Waals surface area contributed by atoms with E-state index in [4.69, 9.17) is 9.41 Å². The Hall–Kier alpha value is -7.33. The molecule has 0 saturated carbocycles. The normalized spacial score (nSPS) is 17.7. The van der Waals surface area contributed by atoms with E-state index in [-0.39, 0.29) is 5.92 Å². The Morgan fingerprint density at radius 1 is 0.516 bits per heavy atom. The fourth-order valence-corrected chi connectivity index (χ4v) is 11.4. The number of rotatable bonds is 6. The van der Waals surface area contributed by atoms with Crippen molar-refractivity contribution in [2.45, 2.75) is 33.1 Å². The maximum Gasteiger partial charge on any atom is 0.136 e. The van der Waals surface area contributed by atoms with Crippen molar-refractivity contribution in [3.05, 3.63) is 216 Å². The van der Waals surface area contributed by atoms with E-state index >= 15 is 0 Å². The van der Waals surface area contributed by atoms with Crippen LogP contribution >= 0.6 is 11.3 Å². The average Bonchev–Trinajstić information content (AvgIpc) is 3.94. The lowest BCUT2D eigenvalue weighted by molar-refractivity contribution is 0.669. The predicted molar refractivity (Wildman–Crippen MR) is 275 cm³/mol. The number of fused-ring (bicyclic) bond motifs is 8. The number of nitrogens with zero attached hydrogens (tertiary/aromatic N) is 1. The molecular formula is C61H45NOS. The van der Waals surface area contributed by atoms with Gasteiger partial charge < -0.3 is 4.42 Å². The van der Waals surface area contributed by atoms with Crippen LogP contribution in [0, 0.1) is 5.92 Å². The van der Waals surface area contributed by atoms with Gasteiger partial charge in [0.2, 0.25) is 0 Å². The van der Waals surface area contributed by atoms with Crippen LogP contribution in [-0.2, 0) is 0 Å². The molecule has 2 nitrogen and oxygen atoms in total. The molecule has 0 N–H and O–H groups in total. The van der Waals surface area contributed by atoms with E-state index in [2.05, 4.69) is 208 Å². The van der Waals surface area contributed by atoms with Crippen LogP contribution in [0.5, 0.6) is 0 Å². The highest BCUT2D eigenvalue weighted by Gasteiger charge is 2.23. The molecule has 3 heterocycles. The van der Waals surface area contributed by atoms with Crippen molar-refractivity contribution in [2.75, 3.05) is 0 Å². The number of hydrogen-bond acceptors (Lipinski definition) is 3. The molecule has 1 atom stereocenters. The van der Waals surface area contributed by atoms with Gasteiger partial charge in [-0.1, -0.05) is 164 Å². The van der Waals surface area contributed by atoms with Gasteiger partial charge >= 0.3 is 0 Å². The number of benzene rings is 9. The smallest absolute Gasteiger partial charge is 0.136 e. The van der Waals surface area contributed by atoms with Gasteiger partial charge in [-0.25, -0.2) is 0 Å². The molecule has 1 aliphatic heterocycles. The van der Waals surface area contributed by atoms with Gasteiger partial charge in [0, 0.05) is 48.1 Å². The van der Waals surface area contributed by atoms with Crippen LogP contribution in [0.25, 0.3) is 97.2 Å². The lowest BCUT2D eigenvalue weighted by atomic mass is 9.84.